The Morgan fingerprint density at radius 3 is 2.50 bits per heavy atom. The molecule has 0 aromatic carbocycles. The molecule has 0 spiro atoms. The van der Waals surface area contributed by atoms with Gasteiger partial charge in [0.25, 0.3) is 0 Å². The highest BCUT2D eigenvalue weighted by Gasteiger charge is 2.16. The quantitative estimate of drug-likeness (QED) is 0.483. The molecular formula is C4H7OS. The molecule has 0 saturated carbocycles. The highest BCUT2D eigenvalue weighted by molar-refractivity contribution is 8.01. The Bertz CT molecular complexity index is 40.1. The minimum absolute atomic E-state index is 0.130. The Labute approximate surface area is 41.7 Å². The van der Waals surface area contributed by atoms with Gasteiger partial charge in [0.2, 0.25) is 0 Å². The maximum absolute atomic E-state index is 9.89. The fraction of sp³-hybridized carbons (Fsp3) is 1.00. The molecule has 1 atom stereocenters. The maximum Gasteiger partial charge on any atom is 0.0941 e. The van der Waals surface area contributed by atoms with Gasteiger partial charge in [0.1, 0.15) is 0 Å². The standard InChI is InChI=1S/C4H7OS/c5-3-4-1-2-6-4/h4H,1-3H2. The fourth-order valence-electron chi connectivity index (χ4n) is 0.416. The van der Waals surface area contributed by atoms with Gasteiger partial charge in [-0.05, 0) is 12.2 Å². The minimum atomic E-state index is 0.130. The number of rotatable bonds is 1. The van der Waals surface area contributed by atoms with Crippen LogP contribution >= 0.6 is 11.8 Å². The van der Waals surface area contributed by atoms with Gasteiger partial charge in [0.15, 0.2) is 0 Å². The Balaban J connectivity index is 2.01. The summed E-state index contributed by atoms with van der Waals surface area (Å²) in [4.78, 5) is 0. The maximum atomic E-state index is 9.89. The average molecular weight is 103 g/mol. The van der Waals surface area contributed by atoms with Crippen molar-refractivity contribution < 1.29 is 5.11 Å². The van der Waals surface area contributed by atoms with Crippen molar-refractivity contribution in [1.82, 2.24) is 0 Å². The summed E-state index contributed by atoms with van der Waals surface area (Å²) in [6, 6.07) is 0. The van der Waals surface area contributed by atoms with Gasteiger partial charge in [0.05, 0.1) is 6.61 Å². The van der Waals surface area contributed by atoms with E-state index in [0.717, 1.165) is 6.42 Å². The zero-order valence-electron chi connectivity index (χ0n) is 3.52. The van der Waals surface area contributed by atoms with Crippen molar-refractivity contribution in [3.05, 3.63) is 0 Å². The first-order chi connectivity index (χ1) is 2.93. The first kappa shape index (κ1) is 4.47. The third kappa shape index (κ3) is 0.684. The molecule has 0 aromatic rings. The van der Waals surface area contributed by atoms with Gasteiger partial charge in [-0.15, -0.1) is 0 Å². The van der Waals surface area contributed by atoms with E-state index in [0.29, 0.717) is 5.25 Å². The Kier molecular flexibility index (Phi) is 1.37. The molecule has 1 aliphatic heterocycles. The van der Waals surface area contributed by atoms with Crippen molar-refractivity contribution in [3.8, 4) is 0 Å². The molecule has 1 saturated heterocycles. The number of hydrogen-bond acceptors (Lipinski definition) is 1. The molecule has 0 aromatic heterocycles. The lowest BCUT2D eigenvalue weighted by molar-refractivity contribution is 0.190. The van der Waals surface area contributed by atoms with E-state index in [2.05, 4.69) is 0 Å². The highest BCUT2D eigenvalue weighted by atomic mass is 32.2. The van der Waals surface area contributed by atoms with E-state index in [9.17, 15) is 5.11 Å². The zero-order chi connectivity index (χ0) is 4.41. The SMILES string of the molecule is [O]CC1CCS1. The third-order valence-corrected chi connectivity index (χ3v) is 2.29. The molecule has 0 bridgehead atoms. The minimum Gasteiger partial charge on any atom is -0.236 e. The molecule has 0 amide bonds. The van der Waals surface area contributed by atoms with Crippen LogP contribution < -0.4 is 0 Å². The van der Waals surface area contributed by atoms with Gasteiger partial charge >= 0.3 is 0 Å². The fourth-order valence-corrected chi connectivity index (χ4v) is 1.08. The number of hydrogen-bond donors (Lipinski definition) is 0. The van der Waals surface area contributed by atoms with E-state index in [1.165, 1.54) is 5.75 Å². The predicted octanol–water partition coefficient (Wildman–Crippen LogP) is 0.922. The van der Waals surface area contributed by atoms with Gasteiger partial charge in [-0.2, -0.15) is 11.8 Å². The zero-order valence-corrected chi connectivity index (χ0v) is 4.33. The topological polar surface area (TPSA) is 19.9 Å². The molecule has 6 heavy (non-hydrogen) atoms. The van der Waals surface area contributed by atoms with Gasteiger partial charge < -0.3 is 0 Å². The summed E-state index contributed by atoms with van der Waals surface area (Å²) >= 11 is 1.79. The van der Waals surface area contributed by atoms with Crippen molar-refractivity contribution in [3.63, 3.8) is 0 Å². The Morgan fingerprint density at radius 2 is 2.50 bits per heavy atom. The largest absolute Gasteiger partial charge is 0.236 e. The van der Waals surface area contributed by atoms with E-state index in [4.69, 9.17) is 0 Å². The molecule has 1 heterocycles. The Hall–Kier alpha value is 0.310. The molecule has 1 aliphatic rings. The summed E-state index contributed by atoms with van der Waals surface area (Å²) in [5.74, 6) is 1.22. The molecule has 1 fully saturated rings. The summed E-state index contributed by atoms with van der Waals surface area (Å²) in [7, 11) is 0. The Morgan fingerprint density at radius 1 is 1.83 bits per heavy atom. The van der Waals surface area contributed by atoms with E-state index in [1.54, 1.807) is 11.8 Å². The van der Waals surface area contributed by atoms with Crippen LogP contribution in [0.5, 0.6) is 0 Å². The molecule has 1 rings (SSSR count). The first-order valence-corrected chi connectivity index (χ1v) is 3.18. The van der Waals surface area contributed by atoms with E-state index in [1.807, 2.05) is 0 Å². The van der Waals surface area contributed by atoms with Crippen LogP contribution in [0.1, 0.15) is 6.42 Å². The van der Waals surface area contributed by atoms with Crippen LogP contribution in [0.2, 0.25) is 0 Å². The molecule has 2 heteroatoms. The van der Waals surface area contributed by atoms with Crippen LogP contribution in [0.3, 0.4) is 0 Å². The molecule has 1 radical (unpaired) electrons. The second-order valence-electron chi connectivity index (χ2n) is 1.45. The molecule has 35 valence electrons. The van der Waals surface area contributed by atoms with Crippen molar-refractivity contribution in [1.29, 1.82) is 0 Å². The molecule has 1 unspecified atom stereocenters. The highest BCUT2D eigenvalue weighted by Crippen LogP contribution is 2.26. The molecule has 0 aliphatic carbocycles. The van der Waals surface area contributed by atoms with Gasteiger partial charge in [-0.3, -0.25) is 0 Å². The van der Waals surface area contributed by atoms with E-state index in [-0.39, 0.29) is 6.61 Å². The number of thioether (sulfide) groups is 1. The lowest BCUT2D eigenvalue weighted by Crippen LogP contribution is -2.18. The third-order valence-electron chi connectivity index (χ3n) is 0.979. The van der Waals surface area contributed by atoms with Gasteiger partial charge in [-0.25, -0.2) is 5.11 Å². The van der Waals surface area contributed by atoms with Crippen LogP contribution in [0.4, 0.5) is 0 Å². The van der Waals surface area contributed by atoms with Crippen LogP contribution in [0.15, 0.2) is 0 Å². The summed E-state index contributed by atoms with van der Waals surface area (Å²) in [5.41, 5.74) is 0. The normalized spacial score (nSPS) is 32.5. The second-order valence-corrected chi connectivity index (χ2v) is 2.86. The van der Waals surface area contributed by atoms with Gasteiger partial charge in [-0.1, -0.05) is 0 Å². The smallest absolute Gasteiger partial charge is 0.0941 e. The van der Waals surface area contributed by atoms with Crippen LogP contribution in [0, 0.1) is 0 Å². The van der Waals surface area contributed by atoms with Crippen molar-refractivity contribution in [2.24, 2.45) is 0 Å². The monoisotopic (exact) mass is 103 g/mol. The molecule has 1 nitrogen and oxygen atoms in total. The van der Waals surface area contributed by atoms with Gasteiger partial charge in [0, 0.05) is 5.25 Å². The average Bonchev–Trinajstić information content (AvgIpc) is 1.31. The second kappa shape index (κ2) is 1.85. The van der Waals surface area contributed by atoms with E-state index >= 15 is 0 Å². The summed E-state index contributed by atoms with van der Waals surface area (Å²) in [5, 5.41) is 10.4. The molecule has 0 N–H and O–H groups in total. The molecular weight excluding hydrogens is 96.1 g/mol. The summed E-state index contributed by atoms with van der Waals surface area (Å²) < 4.78 is 0. The van der Waals surface area contributed by atoms with Crippen molar-refractivity contribution in [2.45, 2.75) is 11.7 Å². The summed E-state index contributed by atoms with van der Waals surface area (Å²) in [6.07, 6.45) is 1.16. The van der Waals surface area contributed by atoms with Crippen LogP contribution in [-0.4, -0.2) is 17.6 Å². The lowest BCUT2D eigenvalue weighted by Gasteiger charge is -2.20. The van der Waals surface area contributed by atoms with E-state index < -0.39 is 0 Å². The predicted molar refractivity (Wildman–Crippen MR) is 26.4 cm³/mol. The summed E-state index contributed by atoms with van der Waals surface area (Å²) in [6.45, 7) is 0.130. The first-order valence-electron chi connectivity index (χ1n) is 2.13. The van der Waals surface area contributed by atoms with Crippen LogP contribution in [0.25, 0.3) is 0 Å². The van der Waals surface area contributed by atoms with Crippen LogP contribution in [-0.2, 0) is 5.11 Å². The lowest BCUT2D eigenvalue weighted by atomic mass is 10.3. The van der Waals surface area contributed by atoms with Crippen molar-refractivity contribution >= 4 is 11.8 Å². The van der Waals surface area contributed by atoms with Crippen molar-refractivity contribution in [2.75, 3.05) is 12.4 Å².